The highest BCUT2D eigenvalue weighted by molar-refractivity contribution is 6.35. The second-order valence-corrected chi connectivity index (χ2v) is 14.8. The molecule has 5 rings (SSSR count). The highest BCUT2D eigenvalue weighted by atomic mass is 35.5. The van der Waals surface area contributed by atoms with E-state index in [-0.39, 0.29) is 31.4 Å². The molecule has 1 aliphatic rings. The topological polar surface area (TPSA) is 195 Å². The van der Waals surface area contributed by atoms with Crippen molar-refractivity contribution < 1.29 is 44.2 Å². The normalized spacial score (nSPS) is 16.5. The van der Waals surface area contributed by atoms with E-state index in [0.29, 0.717) is 78.0 Å². The van der Waals surface area contributed by atoms with E-state index >= 15 is 0 Å². The second-order valence-electron chi connectivity index (χ2n) is 14.0. The van der Waals surface area contributed by atoms with Gasteiger partial charge in [-0.2, -0.15) is 5.26 Å². The number of benzene rings is 3. The van der Waals surface area contributed by atoms with E-state index in [1.165, 1.54) is 13.1 Å². The molecular formula is C41H44Cl2N4O9. The van der Waals surface area contributed by atoms with Gasteiger partial charge in [-0.05, 0) is 68.1 Å². The van der Waals surface area contributed by atoms with Crippen molar-refractivity contribution in [3.05, 3.63) is 105 Å². The number of aliphatic hydroxyl groups excluding tert-OH is 2. The zero-order valence-corrected chi connectivity index (χ0v) is 32.6. The lowest BCUT2D eigenvalue weighted by Gasteiger charge is -2.25. The summed E-state index contributed by atoms with van der Waals surface area (Å²) in [6, 6.07) is 18.3. The summed E-state index contributed by atoms with van der Waals surface area (Å²) in [4.78, 5) is 29.6. The third-order valence-corrected chi connectivity index (χ3v) is 10.7. The van der Waals surface area contributed by atoms with Crippen LogP contribution in [0.3, 0.4) is 0 Å². The van der Waals surface area contributed by atoms with Gasteiger partial charge in [-0.3, -0.25) is 19.9 Å². The molecule has 0 amide bonds. The quantitative estimate of drug-likeness (QED) is 0.0709. The van der Waals surface area contributed by atoms with E-state index < -0.39 is 29.5 Å². The Hall–Kier alpha value is -4.94. The van der Waals surface area contributed by atoms with Crippen LogP contribution >= 0.6 is 23.2 Å². The van der Waals surface area contributed by atoms with Gasteiger partial charge in [-0.15, -0.1) is 0 Å². The molecule has 2 atom stereocenters. The number of carbonyl (C=O) groups is 2. The number of nitrogens with one attached hydrogen (secondary N) is 1. The SMILES string of the molecule is Cc1c(COc2cc(OCc3cncc(C#N)c3)c(CNC(C)(CO)C(=O)O)cc2Cl)cccc1-c1cccc(OCCCN2CCC(CO)(C(=O)O)C2)c1Cl. The number of carboxylic acids is 2. The van der Waals surface area contributed by atoms with E-state index in [2.05, 4.69) is 10.3 Å². The molecule has 2 unspecified atom stereocenters. The van der Waals surface area contributed by atoms with Crippen LogP contribution in [0, 0.1) is 23.7 Å². The molecule has 4 aromatic rings. The molecule has 296 valence electrons. The van der Waals surface area contributed by atoms with Gasteiger partial charge < -0.3 is 39.5 Å². The van der Waals surface area contributed by atoms with Gasteiger partial charge in [0.25, 0.3) is 0 Å². The lowest BCUT2D eigenvalue weighted by Crippen LogP contribution is -2.52. The van der Waals surface area contributed by atoms with Crippen molar-refractivity contribution in [1.82, 2.24) is 15.2 Å². The zero-order chi connectivity index (χ0) is 40.5. The van der Waals surface area contributed by atoms with Crippen molar-refractivity contribution in [2.45, 2.75) is 52.0 Å². The van der Waals surface area contributed by atoms with E-state index in [1.807, 2.05) is 48.2 Å². The molecule has 0 spiro atoms. The van der Waals surface area contributed by atoms with Crippen LogP contribution in [-0.2, 0) is 29.3 Å². The van der Waals surface area contributed by atoms with Crippen molar-refractivity contribution in [3.8, 4) is 34.4 Å². The van der Waals surface area contributed by atoms with Crippen LogP contribution < -0.4 is 19.5 Å². The minimum absolute atomic E-state index is 0.00361. The fourth-order valence-corrected chi connectivity index (χ4v) is 6.87. The number of nitriles is 1. The Morgan fingerprint density at radius 1 is 0.982 bits per heavy atom. The van der Waals surface area contributed by atoms with E-state index in [9.17, 15) is 35.3 Å². The summed E-state index contributed by atoms with van der Waals surface area (Å²) in [7, 11) is 0. The molecule has 0 aliphatic carbocycles. The van der Waals surface area contributed by atoms with Crippen LogP contribution in [0.4, 0.5) is 0 Å². The standard InChI is InChI=1S/C41H44Cl2N4O9/c1-26-29(6-3-7-31(26)32-8-4-9-34(37(32)43)54-13-5-11-47-12-10-41(23-47,25-49)39(52)53)22-56-36-16-35(55-21-28-14-27(17-44)18-45-19-28)30(15-33(36)42)20-46-40(2,24-48)38(50)51/h3-4,6-9,14-16,18-19,46,48-49H,5,10-13,20-25H2,1-2H3,(H,50,51)(H,52,53). The van der Waals surface area contributed by atoms with Gasteiger partial charge in [0.05, 0.1) is 35.4 Å². The van der Waals surface area contributed by atoms with Crippen LogP contribution in [0.1, 0.15) is 47.6 Å². The number of pyridine rings is 1. The number of aliphatic carboxylic acids is 2. The molecule has 56 heavy (non-hydrogen) atoms. The summed E-state index contributed by atoms with van der Waals surface area (Å²) < 4.78 is 18.5. The minimum atomic E-state index is -1.62. The fraction of sp³-hybridized carbons (Fsp3) is 0.366. The van der Waals surface area contributed by atoms with Crippen molar-refractivity contribution in [3.63, 3.8) is 0 Å². The summed E-state index contributed by atoms with van der Waals surface area (Å²) in [5.74, 6) is -1.02. The average Bonchev–Trinajstić information content (AvgIpc) is 3.63. The predicted molar refractivity (Wildman–Crippen MR) is 209 cm³/mol. The molecular weight excluding hydrogens is 763 g/mol. The van der Waals surface area contributed by atoms with Crippen molar-refractivity contribution >= 4 is 35.1 Å². The first-order valence-corrected chi connectivity index (χ1v) is 18.7. The first-order valence-electron chi connectivity index (χ1n) is 17.9. The van der Waals surface area contributed by atoms with Gasteiger partial charge in [0.15, 0.2) is 0 Å². The van der Waals surface area contributed by atoms with E-state index in [4.69, 9.17) is 37.4 Å². The smallest absolute Gasteiger partial charge is 0.326 e. The van der Waals surface area contributed by atoms with Gasteiger partial charge in [0.1, 0.15) is 47.5 Å². The van der Waals surface area contributed by atoms with Crippen molar-refractivity contribution in [2.75, 3.05) is 39.5 Å². The lowest BCUT2D eigenvalue weighted by atomic mass is 9.88. The van der Waals surface area contributed by atoms with Gasteiger partial charge in [0, 0.05) is 54.8 Å². The van der Waals surface area contributed by atoms with Crippen LogP contribution in [0.2, 0.25) is 10.0 Å². The van der Waals surface area contributed by atoms with Gasteiger partial charge in [-0.25, -0.2) is 0 Å². The molecule has 3 aromatic carbocycles. The van der Waals surface area contributed by atoms with E-state index in [1.54, 1.807) is 30.5 Å². The van der Waals surface area contributed by atoms with Gasteiger partial charge in [-0.1, -0.05) is 53.5 Å². The molecule has 0 radical (unpaired) electrons. The number of ether oxygens (including phenoxy) is 3. The maximum atomic E-state index is 11.8. The van der Waals surface area contributed by atoms with Crippen molar-refractivity contribution in [2.24, 2.45) is 5.41 Å². The Morgan fingerprint density at radius 2 is 1.73 bits per heavy atom. The number of likely N-dealkylation sites (tertiary alicyclic amines) is 1. The molecule has 1 fully saturated rings. The maximum absolute atomic E-state index is 11.8. The van der Waals surface area contributed by atoms with Crippen LogP contribution in [0.25, 0.3) is 11.1 Å². The van der Waals surface area contributed by atoms with Gasteiger partial charge in [0.2, 0.25) is 0 Å². The third kappa shape index (κ3) is 9.89. The number of hydrogen-bond donors (Lipinski definition) is 5. The summed E-state index contributed by atoms with van der Waals surface area (Å²) in [6.45, 7) is 4.38. The average molecular weight is 808 g/mol. The van der Waals surface area contributed by atoms with Crippen LogP contribution in [0.15, 0.2) is 67.0 Å². The van der Waals surface area contributed by atoms with Gasteiger partial charge >= 0.3 is 11.9 Å². The highest BCUT2D eigenvalue weighted by Gasteiger charge is 2.44. The molecule has 1 saturated heterocycles. The Balaban J connectivity index is 1.29. The Bertz CT molecular complexity index is 2090. The number of carboxylic acid groups (broad SMARTS) is 2. The first kappa shape index (κ1) is 42.2. The fourth-order valence-electron chi connectivity index (χ4n) is 6.35. The minimum Gasteiger partial charge on any atom is -0.492 e. The zero-order valence-electron chi connectivity index (χ0n) is 31.1. The largest absolute Gasteiger partial charge is 0.492 e. The Morgan fingerprint density at radius 3 is 2.43 bits per heavy atom. The molecule has 13 nitrogen and oxygen atoms in total. The summed E-state index contributed by atoms with van der Waals surface area (Å²) in [5, 5.41) is 51.4. The molecule has 5 N–H and O–H groups in total. The number of aromatic nitrogens is 1. The lowest BCUT2D eigenvalue weighted by molar-refractivity contribution is -0.150. The summed E-state index contributed by atoms with van der Waals surface area (Å²) in [5.41, 5.74) is 2.23. The molecule has 1 aromatic heterocycles. The van der Waals surface area contributed by atoms with Crippen LogP contribution in [0.5, 0.6) is 17.2 Å². The predicted octanol–water partition coefficient (Wildman–Crippen LogP) is 5.86. The number of hydrogen-bond acceptors (Lipinski definition) is 11. The third-order valence-electron chi connectivity index (χ3n) is 10.0. The first-order chi connectivity index (χ1) is 26.8. The molecule has 0 bridgehead atoms. The number of aliphatic hydroxyl groups is 2. The van der Waals surface area contributed by atoms with E-state index in [0.717, 1.165) is 22.3 Å². The molecule has 15 heteroatoms. The number of nitrogens with zero attached hydrogens (tertiary/aromatic N) is 3. The molecule has 0 saturated carbocycles. The second kappa shape index (κ2) is 18.8. The maximum Gasteiger partial charge on any atom is 0.326 e. The molecule has 1 aliphatic heterocycles. The summed E-state index contributed by atoms with van der Waals surface area (Å²) >= 11 is 13.6. The van der Waals surface area contributed by atoms with Crippen molar-refractivity contribution in [1.29, 1.82) is 5.26 Å². The number of halogens is 2. The Kier molecular flexibility index (Phi) is 14.2. The highest BCUT2D eigenvalue weighted by Crippen LogP contribution is 2.39. The number of rotatable bonds is 19. The molecule has 2 heterocycles. The van der Waals surface area contributed by atoms with Crippen LogP contribution in [-0.4, -0.2) is 87.2 Å². The monoisotopic (exact) mass is 806 g/mol. The summed E-state index contributed by atoms with van der Waals surface area (Å²) in [6.07, 6.45) is 4.07. The Labute approximate surface area is 335 Å².